The SMILES string of the molecule is Cc1ccc2c(c1)c(C(=O)NC1CCN(C(=O)OC(C)(C)C)CC1)nn2C(=O)OC(C)(C)C. The minimum absolute atomic E-state index is 0.109. The van der Waals surface area contributed by atoms with Gasteiger partial charge in [-0.15, -0.1) is 0 Å². The molecule has 2 amide bonds. The van der Waals surface area contributed by atoms with E-state index in [9.17, 15) is 14.4 Å². The highest BCUT2D eigenvalue weighted by atomic mass is 16.6. The van der Waals surface area contributed by atoms with Gasteiger partial charge in [0.2, 0.25) is 0 Å². The van der Waals surface area contributed by atoms with Crippen molar-refractivity contribution in [3.8, 4) is 0 Å². The Hall–Kier alpha value is -3.10. The predicted octanol–water partition coefficient (Wildman–Crippen LogP) is 4.26. The number of hydrogen-bond donors (Lipinski definition) is 1. The molecule has 9 heteroatoms. The van der Waals surface area contributed by atoms with E-state index in [-0.39, 0.29) is 23.7 Å². The molecule has 3 rings (SSSR count). The van der Waals surface area contributed by atoms with Crippen LogP contribution in [0, 0.1) is 6.92 Å². The number of rotatable bonds is 2. The fourth-order valence-electron chi connectivity index (χ4n) is 3.63. The van der Waals surface area contributed by atoms with Gasteiger partial charge in [-0.2, -0.15) is 9.78 Å². The van der Waals surface area contributed by atoms with Gasteiger partial charge in [0.15, 0.2) is 5.69 Å². The Balaban J connectivity index is 1.73. The smallest absolute Gasteiger partial charge is 0.435 e. The molecule has 0 spiro atoms. The number of carbonyl (C=O) groups is 3. The molecule has 0 atom stereocenters. The molecule has 9 nitrogen and oxygen atoms in total. The van der Waals surface area contributed by atoms with E-state index in [0.29, 0.717) is 36.8 Å². The largest absolute Gasteiger partial charge is 0.444 e. The Morgan fingerprint density at radius 3 is 2.12 bits per heavy atom. The second-order valence-corrected chi connectivity index (χ2v) is 10.5. The monoisotopic (exact) mass is 458 g/mol. The lowest BCUT2D eigenvalue weighted by Gasteiger charge is -2.33. The van der Waals surface area contributed by atoms with Gasteiger partial charge in [0.05, 0.1) is 5.52 Å². The van der Waals surface area contributed by atoms with Crippen LogP contribution in [-0.4, -0.2) is 63.1 Å². The standard InChI is InChI=1S/C24H34N4O5/c1-15-8-9-18-17(14-15)19(26-28(18)22(31)33-24(5,6)7)20(29)25-16-10-12-27(13-11-16)21(30)32-23(2,3)4/h8-9,14,16H,10-13H2,1-7H3,(H,25,29). The van der Waals surface area contributed by atoms with Gasteiger partial charge in [-0.05, 0) is 73.4 Å². The number of ether oxygens (including phenoxy) is 2. The number of aryl methyl sites for hydroxylation is 1. The summed E-state index contributed by atoms with van der Waals surface area (Å²) in [5.74, 6) is -0.358. The predicted molar refractivity (Wildman–Crippen MR) is 124 cm³/mol. The van der Waals surface area contributed by atoms with E-state index in [1.165, 1.54) is 0 Å². The van der Waals surface area contributed by atoms with Crippen LogP contribution in [0.15, 0.2) is 18.2 Å². The van der Waals surface area contributed by atoms with Crippen LogP contribution in [0.3, 0.4) is 0 Å². The van der Waals surface area contributed by atoms with Crippen molar-refractivity contribution in [3.63, 3.8) is 0 Å². The zero-order valence-corrected chi connectivity index (χ0v) is 20.5. The summed E-state index contributed by atoms with van der Waals surface area (Å²) >= 11 is 0. The summed E-state index contributed by atoms with van der Waals surface area (Å²) in [7, 11) is 0. The first-order valence-corrected chi connectivity index (χ1v) is 11.2. The summed E-state index contributed by atoms with van der Waals surface area (Å²) in [6, 6.07) is 5.35. The van der Waals surface area contributed by atoms with Crippen LogP contribution in [0.1, 0.15) is 70.4 Å². The summed E-state index contributed by atoms with van der Waals surface area (Å²) in [5, 5.41) is 7.91. The first-order chi connectivity index (χ1) is 15.2. The summed E-state index contributed by atoms with van der Waals surface area (Å²) < 4.78 is 12.0. The number of nitrogens with one attached hydrogen (secondary N) is 1. The van der Waals surface area contributed by atoms with Crippen molar-refractivity contribution in [1.29, 1.82) is 0 Å². The van der Waals surface area contributed by atoms with Gasteiger partial charge >= 0.3 is 12.2 Å². The van der Waals surface area contributed by atoms with Gasteiger partial charge in [0.1, 0.15) is 11.2 Å². The van der Waals surface area contributed by atoms with Crippen LogP contribution in [0.25, 0.3) is 10.9 Å². The van der Waals surface area contributed by atoms with Crippen LogP contribution >= 0.6 is 0 Å². The van der Waals surface area contributed by atoms with Crippen molar-refractivity contribution in [1.82, 2.24) is 20.0 Å². The van der Waals surface area contributed by atoms with E-state index in [4.69, 9.17) is 9.47 Å². The van der Waals surface area contributed by atoms with Crippen LogP contribution in [0.4, 0.5) is 9.59 Å². The molecule has 2 aromatic rings. The molecule has 0 saturated carbocycles. The Morgan fingerprint density at radius 1 is 0.970 bits per heavy atom. The van der Waals surface area contributed by atoms with Gasteiger partial charge in [0.25, 0.3) is 5.91 Å². The van der Waals surface area contributed by atoms with Gasteiger partial charge in [-0.3, -0.25) is 4.79 Å². The molecule has 33 heavy (non-hydrogen) atoms. The first kappa shape index (κ1) is 24.5. The molecule has 1 saturated heterocycles. The van der Waals surface area contributed by atoms with Crippen molar-refractivity contribution in [2.24, 2.45) is 0 Å². The summed E-state index contributed by atoms with van der Waals surface area (Å²) in [6.45, 7) is 13.7. The molecule has 0 unspecified atom stereocenters. The highest BCUT2D eigenvalue weighted by Gasteiger charge is 2.29. The van der Waals surface area contributed by atoms with Crippen LogP contribution in [0.2, 0.25) is 0 Å². The second-order valence-electron chi connectivity index (χ2n) is 10.5. The molecular weight excluding hydrogens is 424 g/mol. The number of benzene rings is 1. The van der Waals surface area contributed by atoms with Crippen LogP contribution in [-0.2, 0) is 9.47 Å². The Bertz CT molecular complexity index is 1050. The van der Waals surface area contributed by atoms with E-state index >= 15 is 0 Å². The molecule has 0 bridgehead atoms. The lowest BCUT2D eigenvalue weighted by Crippen LogP contribution is -2.47. The average molecular weight is 459 g/mol. The third-order valence-corrected chi connectivity index (χ3v) is 5.10. The highest BCUT2D eigenvalue weighted by Crippen LogP contribution is 2.23. The number of amides is 2. The molecule has 1 N–H and O–H groups in total. The minimum atomic E-state index is -0.690. The molecule has 0 aliphatic carbocycles. The lowest BCUT2D eigenvalue weighted by atomic mass is 10.0. The maximum Gasteiger partial charge on any atom is 0.435 e. The quantitative estimate of drug-likeness (QED) is 0.721. The minimum Gasteiger partial charge on any atom is -0.444 e. The molecule has 1 aromatic heterocycles. The molecule has 1 fully saturated rings. The van der Waals surface area contributed by atoms with E-state index < -0.39 is 17.3 Å². The molecule has 0 radical (unpaired) electrons. The van der Waals surface area contributed by atoms with Gasteiger partial charge in [0, 0.05) is 24.5 Å². The lowest BCUT2D eigenvalue weighted by molar-refractivity contribution is 0.0199. The van der Waals surface area contributed by atoms with Gasteiger partial charge in [-0.1, -0.05) is 11.6 Å². The topological polar surface area (TPSA) is 103 Å². The fraction of sp³-hybridized carbons (Fsp3) is 0.583. The van der Waals surface area contributed by atoms with Crippen molar-refractivity contribution in [2.45, 2.75) is 78.6 Å². The van der Waals surface area contributed by atoms with Crippen molar-refractivity contribution in [3.05, 3.63) is 29.5 Å². The zero-order valence-electron chi connectivity index (χ0n) is 20.5. The van der Waals surface area contributed by atoms with E-state index in [2.05, 4.69) is 10.4 Å². The zero-order chi connectivity index (χ0) is 24.6. The van der Waals surface area contributed by atoms with Gasteiger partial charge < -0.3 is 19.7 Å². The number of likely N-dealkylation sites (tertiary alicyclic amines) is 1. The number of nitrogens with zero attached hydrogens (tertiary/aromatic N) is 3. The van der Waals surface area contributed by atoms with Crippen LogP contribution < -0.4 is 5.32 Å². The Labute approximate surface area is 194 Å². The number of piperidine rings is 1. The summed E-state index contributed by atoms with van der Waals surface area (Å²) in [5.41, 5.74) is 0.402. The van der Waals surface area contributed by atoms with Crippen molar-refractivity contribution < 1.29 is 23.9 Å². The van der Waals surface area contributed by atoms with Crippen LogP contribution in [0.5, 0.6) is 0 Å². The van der Waals surface area contributed by atoms with Gasteiger partial charge in [-0.25, -0.2) is 9.59 Å². The van der Waals surface area contributed by atoms with Crippen molar-refractivity contribution in [2.75, 3.05) is 13.1 Å². The summed E-state index contributed by atoms with van der Waals surface area (Å²) in [4.78, 5) is 39.7. The maximum absolute atomic E-state index is 13.1. The molecule has 180 valence electrons. The highest BCUT2D eigenvalue weighted by molar-refractivity contribution is 6.06. The number of carbonyl (C=O) groups excluding carboxylic acids is 3. The van der Waals surface area contributed by atoms with E-state index in [1.807, 2.05) is 39.8 Å². The number of aromatic nitrogens is 2. The van der Waals surface area contributed by atoms with E-state index in [0.717, 1.165) is 10.2 Å². The molecule has 1 aliphatic heterocycles. The number of fused-ring (bicyclic) bond motifs is 1. The molecule has 2 heterocycles. The van der Waals surface area contributed by atoms with E-state index in [1.54, 1.807) is 31.7 Å². The molecule has 1 aliphatic rings. The second kappa shape index (κ2) is 9.03. The third-order valence-electron chi connectivity index (χ3n) is 5.10. The normalized spacial score (nSPS) is 15.4. The first-order valence-electron chi connectivity index (χ1n) is 11.2. The average Bonchev–Trinajstić information content (AvgIpc) is 3.04. The van der Waals surface area contributed by atoms with Crippen molar-refractivity contribution >= 4 is 29.0 Å². The molecular formula is C24H34N4O5. The summed E-state index contributed by atoms with van der Waals surface area (Å²) in [6.07, 6.45) is 0.231. The fourth-order valence-corrected chi connectivity index (χ4v) is 3.63. The Kier molecular flexibility index (Phi) is 6.72. The number of hydrogen-bond acceptors (Lipinski definition) is 6. The maximum atomic E-state index is 13.1. The third kappa shape index (κ3) is 6.24. The molecule has 1 aromatic carbocycles. The Morgan fingerprint density at radius 2 is 1.55 bits per heavy atom.